The number of benzene rings is 4. The van der Waals surface area contributed by atoms with Gasteiger partial charge in [-0.15, -0.1) is 0 Å². The van der Waals surface area contributed by atoms with Crippen molar-refractivity contribution >= 4 is 57.1 Å². The van der Waals surface area contributed by atoms with Crippen molar-refractivity contribution in [2.45, 2.75) is 20.1 Å². The van der Waals surface area contributed by atoms with Gasteiger partial charge in [-0.2, -0.15) is 0 Å². The molecule has 1 N–H and O–H groups in total. The molecule has 0 aliphatic carbocycles. The smallest absolute Gasteiger partial charge is 0.335 e. The lowest BCUT2D eigenvalue weighted by molar-refractivity contribution is -0.122. The first-order chi connectivity index (χ1) is 21.2. The number of urea groups is 1. The summed E-state index contributed by atoms with van der Waals surface area (Å²) in [5, 5.41) is 2.84. The Hall–Kier alpha value is -4.67. The first-order valence-corrected chi connectivity index (χ1v) is 14.6. The molecule has 0 radical (unpaired) electrons. The van der Waals surface area contributed by atoms with Crippen molar-refractivity contribution in [1.29, 1.82) is 0 Å². The standard InChI is InChI=1S/C33H25BrClFN2O6/c1-2-42-29-17-21(16-27(34)30(29)44-19-22-5-3-4-6-28(22)36)15-26-31(39)37-33(41)38(32(26)40)24-11-13-25(14-12-24)43-18-20-7-9-23(35)10-8-20/h3-17H,2,18-19H2,1H3,(H,37,39,41)/b26-15+. The highest BCUT2D eigenvalue weighted by Crippen LogP contribution is 2.38. The van der Waals surface area contributed by atoms with Crippen LogP contribution in [0.2, 0.25) is 5.02 Å². The van der Waals surface area contributed by atoms with Crippen LogP contribution in [0, 0.1) is 5.82 Å². The molecule has 1 aliphatic heterocycles. The summed E-state index contributed by atoms with van der Waals surface area (Å²) in [7, 11) is 0. The van der Waals surface area contributed by atoms with Crippen LogP contribution in [-0.2, 0) is 22.8 Å². The van der Waals surface area contributed by atoms with E-state index in [2.05, 4.69) is 21.2 Å². The minimum Gasteiger partial charge on any atom is -0.490 e. The zero-order valence-electron chi connectivity index (χ0n) is 23.3. The molecule has 0 bridgehead atoms. The van der Waals surface area contributed by atoms with Crippen molar-refractivity contribution < 1.29 is 33.0 Å². The lowest BCUT2D eigenvalue weighted by Crippen LogP contribution is -2.54. The minimum atomic E-state index is -0.875. The van der Waals surface area contributed by atoms with Gasteiger partial charge in [-0.05, 0) is 94.7 Å². The van der Waals surface area contributed by atoms with E-state index in [1.165, 1.54) is 12.1 Å². The van der Waals surface area contributed by atoms with Crippen LogP contribution in [0.3, 0.4) is 0 Å². The lowest BCUT2D eigenvalue weighted by Gasteiger charge is -2.26. The van der Waals surface area contributed by atoms with Crippen molar-refractivity contribution in [3.63, 3.8) is 0 Å². The fourth-order valence-electron chi connectivity index (χ4n) is 4.34. The van der Waals surface area contributed by atoms with Crippen LogP contribution in [0.25, 0.3) is 6.08 Å². The number of amides is 4. The summed E-state index contributed by atoms with van der Waals surface area (Å²) < 4.78 is 32.0. The van der Waals surface area contributed by atoms with Gasteiger partial charge in [0.1, 0.15) is 30.4 Å². The average molecular weight is 680 g/mol. The molecule has 1 saturated heterocycles. The highest BCUT2D eigenvalue weighted by atomic mass is 79.9. The number of ether oxygens (including phenoxy) is 3. The molecule has 11 heteroatoms. The monoisotopic (exact) mass is 678 g/mol. The van der Waals surface area contributed by atoms with Crippen molar-refractivity contribution in [3.8, 4) is 17.2 Å². The quantitative estimate of drug-likeness (QED) is 0.138. The van der Waals surface area contributed by atoms with E-state index in [9.17, 15) is 18.8 Å². The molecule has 4 aromatic rings. The molecular weight excluding hydrogens is 655 g/mol. The van der Waals surface area contributed by atoms with Crippen molar-refractivity contribution in [3.05, 3.63) is 123 Å². The Bertz CT molecular complexity index is 1740. The van der Waals surface area contributed by atoms with E-state index in [0.29, 0.717) is 51.1 Å². The fraction of sp³-hybridized carbons (Fsp3) is 0.121. The van der Waals surface area contributed by atoms with Crippen molar-refractivity contribution in [2.75, 3.05) is 11.5 Å². The molecule has 0 spiro atoms. The molecule has 0 saturated carbocycles. The van der Waals surface area contributed by atoms with Crippen LogP contribution in [0.1, 0.15) is 23.6 Å². The van der Waals surface area contributed by atoms with Gasteiger partial charge in [-0.1, -0.05) is 41.9 Å². The Kier molecular flexibility index (Phi) is 9.62. The Balaban J connectivity index is 1.36. The molecule has 4 aromatic carbocycles. The van der Waals surface area contributed by atoms with Gasteiger partial charge in [-0.3, -0.25) is 14.9 Å². The van der Waals surface area contributed by atoms with Gasteiger partial charge in [-0.25, -0.2) is 14.1 Å². The summed E-state index contributed by atoms with van der Waals surface area (Å²) in [4.78, 5) is 39.8. The number of carbonyl (C=O) groups excluding carboxylic acids is 3. The Morgan fingerprint density at radius 3 is 2.34 bits per heavy atom. The number of anilines is 1. The number of imide groups is 2. The first kappa shape index (κ1) is 30.8. The van der Waals surface area contributed by atoms with Crippen LogP contribution in [0.4, 0.5) is 14.9 Å². The molecular formula is C33H25BrClFN2O6. The van der Waals surface area contributed by atoms with Crippen LogP contribution < -0.4 is 24.4 Å². The van der Waals surface area contributed by atoms with Crippen LogP contribution in [-0.4, -0.2) is 24.5 Å². The van der Waals surface area contributed by atoms with E-state index in [-0.39, 0.29) is 17.9 Å². The van der Waals surface area contributed by atoms with Crippen LogP contribution in [0.15, 0.2) is 95.0 Å². The topological polar surface area (TPSA) is 94.2 Å². The summed E-state index contributed by atoms with van der Waals surface area (Å²) in [5.41, 5.74) is 1.70. The van der Waals surface area contributed by atoms with Gasteiger partial charge >= 0.3 is 6.03 Å². The van der Waals surface area contributed by atoms with E-state index < -0.39 is 23.7 Å². The van der Waals surface area contributed by atoms with Crippen LogP contribution in [0.5, 0.6) is 17.2 Å². The first-order valence-electron chi connectivity index (χ1n) is 13.4. The molecule has 5 rings (SSSR count). The van der Waals surface area contributed by atoms with Gasteiger partial charge in [0.15, 0.2) is 11.5 Å². The average Bonchev–Trinajstić information content (AvgIpc) is 3.00. The Labute approximate surface area is 266 Å². The Morgan fingerprint density at radius 2 is 1.64 bits per heavy atom. The van der Waals surface area contributed by atoms with Gasteiger partial charge in [0.05, 0.1) is 16.8 Å². The molecule has 8 nitrogen and oxygen atoms in total. The predicted molar refractivity (Wildman–Crippen MR) is 167 cm³/mol. The Morgan fingerprint density at radius 1 is 0.909 bits per heavy atom. The van der Waals surface area contributed by atoms with Gasteiger partial charge < -0.3 is 14.2 Å². The van der Waals surface area contributed by atoms with E-state index in [0.717, 1.165) is 10.5 Å². The fourth-order valence-corrected chi connectivity index (χ4v) is 5.04. The maximum Gasteiger partial charge on any atom is 0.335 e. The third-order valence-electron chi connectivity index (χ3n) is 6.49. The summed E-state index contributed by atoms with van der Waals surface area (Å²) in [6.45, 7) is 2.33. The highest BCUT2D eigenvalue weighted by Gasteiger charge is 2.37. The predicted octanol–water partition coefficient (Wildman–Crippen LogP) is 7.46. The maximum atomic E-state index is 14.1. The second kappa shape index (κ2) is 13.7. The molecule has 1 heterocycles. The molecule has 0 unspecified atom stereocenters. The molecule has 0 atom stereocenters. The number of carbonyl (C=O) groups is 3. The SMILES string of the molecule is CCOc1cc(/C=C2\C(=O)NC(=O)N(c3ccc(OCc4ccc(Cl)cc4)cc3)C2=O)cc(Br)c1OCc1ccccc1F. The number of halogens is 3. The van der Waals surface area contributed by atoms with E-state index in [4.69, 9.17) is 25.8 Å². The molecule has 1 aliphatic rings. The maximum absolute atomic E-state index is 14.1. The number of hydrogen-bond acceptors (Lipinski definition) is 6. The number of barbiturate groups is 1. The normalized spacial score (nSPS) is 14.0. The molecule has 0 aromatic heterocycles. The van der Waals surface area contributed by atoms with Gasteiger partial charge in [0, 0.05) is 10.6 Å². The minimum absolute atomic E-state index is 0.0469. The van der Waals surface area contributed by atoms with Gasteiger partial charge in [0.25, 0.3) is 11.8 Å². The number of nitrogens with zero attached hydrogens (tertiary/aromatic N) is 1. The second-order valence-electron chi connectivity index (χ2n) is 9.51. The molecule has 1 fully saturated rings. The zero-order valence-corrected chi connectivity index (χ0v) is 25.7. The second-order valence-corrected chi connectivity index (χ2v) is 10.8. The number of rotatable bonds is 10. The molecule has 224 valence electrons. The summed E-state index contributed by atoms with van der Waals surface area (Å²) in [6.07, 6.45) is 1.36. The summed E-state index contributed by atoms with van der Waals surface area (Å²) >= 11 is 9.38. The summed E-state index contributed by atoms with van der Waals surface area (Å²) in [5.74, 6) is -0.881. The zero-order chi connectivity index (χ0) is 31.2. The van der Waals surface area contributed by atoms with Crippen molar-refractivity contribution in [1.82, 2.24) is 5.32 Å². The van der Waals surface area contributed by atoms with Gasteiger partial charge in [0.2, 0.25) is 0 Å². The largest absolute Gasteiger partial charge is 0.490 e. The van der Waals surface area contributed by atoms with E-state index >= 15 is 0 Å². The number of hydrogen-bond donors (Lipinski definition) is 1. The third-order valence-corrected chi connectivity index (χ3v) is 7.33. The van der Waals surface area contributed by atoms with E-state index in [1.807, 2.05) is 12.1 Å². The molecule has 4 amide bonds. The highest BCUT2D eigenvalue weighted by molar-refractivity contribution is 9.10. The van der Waals surface area contributed by atoms with E-state index in [1.54, 1.807) is 73.7 Å². The number of nitrogens with one attached hydrogen (secondary N) is 1. The van der Waals surface area contributed by atoms with Crippen molar-refractivity contribution in [2.24, 2.45) is 0 Å². The molecule has 44 heavy (non-hydrogen) atoms. The lowest BCUT2D eigenvalue weighted by atomic mass is 10.1. The summed E-state index contributed by atoms with van der Waals surface area (Å²) in [6, 6.07) is 22.2. The van der Waals surface area contributed by atoms with Crippen LogP contribution >= 0.6 is 27.5 Å². The third kappa shape index (κ3) is 7.10.